The summed E-state index contributed by atoms with van der Waals surface area (Å²) in [5.74, 6) is -0.390. The van der Waals surface area contributed by atoms with Crippen LogP contribution in [0.2, 0.25) is 0 Å². The Bertz CT molecular complexity index is 826. The number of hydrogen-bond acceptors (Lipinski definition) is 3. The molecule has 0 aliphatic rings. The lowest BCUT2D eigenvalue weighted by Gasteiger charge is -2.07. The molecule has 3 rings (SSSR count). The van der Waals surface area contributed by atoms with Crippen molar-refractivity contribution in [3.05, 3.63) is 70.8 Å². The van der Waals surface area contributed by atoms with Gasteiger partial charge in [0.2, 0.25) is 0 Å². The Morgan fingerprint density at radius 3 is 2.60 bits per heavy atom. The molecule has 0 N–H and O–H groups in total. The van der Waals surface area contributed by atoms with Crippen LogP contribution in [0, 0.1) is 11.3 Å². The Morgan fingerprint density at radius 1 is 1.15 bits per heavy atom. The van der Waals surface area contributed by atoms with Gasteiger partial charge >= 0.3 is 5.69 Å². The molecule has 0 fully saturated rings. The second-order valence-corrected chi connectivity index (χ2v) is 4.49. The molecule has 1 unspecified atom stereocenters. The van der Waals surface area contributed by atoms with E-state index >= 15 is 0 Å². The lowest BCUT2D eigenvalue weighted by molar-refractivity contribution is 0.560. The van der Waals surface area contributed by atoms with E-state index in [9.17, 15) is 10.1 Å². The largest absolute Gasteiger partial charge is 0.350 e. The van der Waals surface area contributed by atoms with Crippen LogP contribution in [0.5, 0.6) is 0 Å². The van der Waals surface area contributed by atoms with E-state index in [-0.39, 0.29) is 18.2 Å². The van der Waals surface area contributed by atoms with Crippen molar-refractivity contribution >= 4 is 5.65 Å². The van der Waals surface area contributed by atoms with Crippen LogP contribution in [-0.2, 0) is 6.54 Å². The van der Waals surface area contributed by atoms with E-state index in [0.717, 1.165) is 5.56 Å². The van der Waals surface area contributed by atoms with E-state index < -0.39 is 0 Å². The zero-order valence-electron chi connectivity index (χ0n) is 10.7. The lowest BCUT2D eigenvalue weighted by atomic mass is 10.0. The fraction of sp³-hybridized carbons (Fsp3) is 0.133. The molecule has 0 aliphatic heterocycles. The van der Waals surface area contributed by atoms with Crippen molar-refractivity contribution in [2.45, 2.75) is 12.5 Å². The number of rotatable bonds is 3. The molecule has 2 aromatic heterocycles. The second kappa shape index (κ2) is 5.02. The Morgan fingerprint density at radius 2 is 1.90 bits per heavy atom. The number of benzene rings is 1. The molecular formula is C15H12N4O. The minimum atomic E-state index is -0.390. The summed E-state index contributed by atoms with van der Waals surface area (Å²) in [4.78, 5) is 12.2. The van der Waals surface area contributed by atoms with Crippen molar-refractivity contribution in [2.24, 2.45) is 0 Å². The van der Waals surface area contributed by atoms with Crippen LogP contribution in [0.1, 0.15) is 11.5 Å². The molecular weight excluding hydrogens is 252 g/mol. The number of fused-ring (bicyclic) bond motifs is 1. The SMILES string of the molecule is N#CC(Cn1nc2ccccn2c1=O)c1ccccc1. The van der Waals surface area contributed by atoms with Crippen LogP contribution < -0.4 is 5.69 Å². The van der Waals surface area contributed by atoms with Crippen molar-refractivity contribution in [3.63, 3.8) is 0 Å². The second-order valence-electron chi connectivity index (χ2n) is 4.49. The van der Waals surface area contributed by atoms with Gasteiger partial charge in [0, 0.05) is 6.20 Å². The minimum Gasteiger partial charge on any atom is -0.250 e. The van der Waals surface area contributed by atoms with Gasteiger partial charge in [-0.05, 0) is 17.7 Å². The van der Waals surface area contributed by atoms with E-state index in [1.54, 1.807) is 18.3 Å². The predicted octanol–water partition coefficient (Wildman–Crippen LogP) is 1.80. The van der Waals surface area contributed by atoms with E-state index in [4.69, 9.17) is 0 Å². The predicted molar refractivity (Wildman–Crippen MR) is 74.2 cm³/mol. The third kappa shape index (κ3) is 2.08. The maximum Gasteiger partial charge on any atom is 0.350 e. The fourth-order valence-corrected chi connectivity index (χ4v) is 2.17. The standard InChI is InChI=1S/C15H12N4O/c16-10-13(12-6-2-1-3-7-12)11-19-15(20)18-9-5-4-8-14(18)17-19/h1-9,13H,11H2. The third-order valence-corrected chi connectivity index (χ3v) is 3.20. The zero-order valence-corrected chi connectivity index (χ0v) is 10.7. The highest BCUT2D eigenvalue weighted by Crippen LogP contribution is 2.15. The van der Waals surface area contributed by atoms with Crippen LogP contribution in [0.25, 0.3) is 5.65 Å². The van der Waals surface area contributed by atoms with Crippen LogP contribution in [0.4, 0.5) is 0 Å². The first kappa shape index (κ1) is 12.2. The van der Waals surface area contributed by atoms with Gasteiger partial charge in [0.05, 0.1) is 18.5 Å². The smallest absolute Gasteiger partial charge is 0.250 e. The van der Waals surface area contributed by atoms with Gasteiger partial charge in [-0.1, -0.05) is 36.4 Å². The Kier molecular flexibility index (Phi) is 3.05. The number of hydrogen-bond donors (Lipinski definition) is 0. The lowest BCUT2D eigenvalue weighted by Crippen LogP contribution is -2.23. The zero-order chi connectivity index (χ0) is 13.9. The van der Waals surface area contributed by atoms with Gasteiger partial charge in [0.15, 0.2) is 5.65 Å². The van der Waals surface area contributed by atoms with Crippen LogP contribution in [0.3, 0.4) is 0 Å². The highest BCUT2D eigenvalue weighted by Gasteiger charge is 2.14. The van der Waals surface area contributed by atoms with Crippen molar-refractivity contribution in [2.75, 3.05) is 0 Å². The minimum absolute atomic E-state index is 0.225. The van der Waals surface area contributed by atoms with E-state index in [0.29, 0.717) is 5.65 Å². The monoisotopic (exact) mass is 264 g/mol. The summed E-state index contributed by atoms with van der Waals surface area (Å²) in [6.07, 6.45) is 1.67. The van der Waals surface area contributed by atoms with Gasteiger partial charge in [-0.3, -0.25) is 4.40 Å². The quantitative estimate of drug-likeness (QED) is 0.724. The molecule has 0 amide bonds. The maximum atomic E-state index is 12.2. The van der Waals surface area contributed by atoms with Gasteiger partial charge in [-0.2, -0.15) is 5.26 Å². The first-order valence-corrected chi connectivity index (χ1v) is 6.28. The molecule has 0 radical (unpaired) electrons. The molecule has 98 valence electrons. The van der Waals surface area contributed by atoms with Gasteiger partial charge < -0.3 is 0 Å². The van der Waals surface area contributed by atoms with Crippen LogP contribution in [-0.4, -0.2) is 14.2 Å². The van der Waals surface area contributed by atoms with Crippen molar-refractivity contribution in [1.29, 1.82) is 5.26 Å². The summed E-state index contributed by atoms with van der Waals surface area (Å²) in [7, 11) is 0. The topological polar surface area (TPSA) is 63.1 Å². The number of nitrogens with zero attached hydrogens (tertiary/aromatic N) is 4. The van der Waals surface area contributed by atoms with E-state index in [1.807, 2.05) is 36.4 Å². The molecule has 2 heterocycles. The molecule has 0 saturated carbocycles. The van der Waals surface area contributed by atoms with Gasteiger partial charge in [-0.15, -0.1) is 5.10 Å². The number of pyridine rings is 1. The van der Waals surface area contributed by atoms with Crippen molar-refractivity contribution < 1.29 is 0 Å². The first-order chi connectivity index (χ1) is 9.79. The molecule has 3 aromatic rings. The van der Waals surface area contributed by atoms with E-state index in [1.165, 1.54) is 9.08 Å². The average molecular weight is 264 g/mol. The molecule has 20 heavy (non-hydrogen) atoms. The molecule has 5 heteroatoms. The maximum absolute atomic E-state index is 12.2. The molecule has 5 nitrogen and oxygen atoms in total. The highest BCUT2D eigenvalue weighted by molar-refractivity contribution is 5.35. The van der Waals surface area contributed by atoms with E-state index in [2.05, 4.69) is 11.2 Å². The highest BCUT2D eigenvalue weighted by atomic mass is 16.2. The summed E-state index contributed by atoms with van der Waals surface area (Å²) >= 11 is 0. The average Bonchev–Trinajstić information content (AvgIpc) is 2.82. The Hall–Kier alpha value is -2.87. The normalized spacial score (nSPS) is 12.2. The van der Waals surface area contributed by atoms with Crippen molar-refractivity contribution in [3.8, 4) is 6.07 Å². The fourth-order valence-electron chi connectivity index (χ4n) is 2.17. The summed E-state index contributed by atoms with van der Waals surface area (Å²) in [6.45, 7) is 0.251. The molecule has 0 spiro atoms. The van der Waals surface area contributed by atoms with Gasteiger partial charge in [0.25, 0.3) is 0 Å². The number of nitriles is 1. The first-order valence-electron chi connectivity index (χ1n) is 6.28. The third-order valence-electron chi connectivity index (χ3n) is 3.20. The summed E-state index contributed by atoms with van der Waals surface area (Å²) < 4.78 is 2.82. The van der Waals surface area contributed by atoms with Gasteiger partial charge in [0.1, 0.15) is 0 Å². The molecule has 0 bridgehead atoms. The summed E-state index contributed by atoms with van der Waals surface area (Å²) in [5.41, 5.74) is 1.25. The van der Waals surface area contributed by atoms with Crippen LogP contribution in [0.15, 0.2) is 59.5 Å². The molecule has 0 aliphatic carbocycles. The molecule has 0 saturated heterocycles. The summed E-state index contributed by atoms with van der Waals surface area (Å²) in [5, 5.41) is 13.5. The van der Waals surface area contributed by atoms with Gasteiger partial charge in [-0.25, -0.2) is 9.48 Å². The molecule has 1 aromatic carbocycles. The van der Waals surface area contributed by atoms with Crippen molar-refractivity contribution in [1.82, 2.24) is 14.2 Å². The molecule has 1 atom stereocenters. The summed E-state index contributed by atoms with van der Waals surface area (Å²) in [6, 6.07) is 17.0. The Labute approximate surface area is 115 Å². The number of aromatic nitrogens is 3. The Balaban J connectivity index is 1.99. The van der Waals surface area contributed by atoms with Crippen LogP contribution >= 0.6 is 0 Å².